The fourth-order valence-electron chi connectivity index (χ4n) is 2.51. The molecule has 2 rings (SSSR count). The van der Waals surface area contributed by atoms with Crippen molar-refractivity contribution in [1.29, 1.82) is 0 Å². The van der Waals surface area contributed by atoms with Crippen molar-refractivity contribution in [1.82, 2.24) is 10.6 Å². The molecule has 1 unspecified atom stereocenters. The number of carbonyl (C=O) groups excluding carboxylic acids is 1. The number of piperidine rings is 1. The van der Waals surface area contributed by atoms with E-state index in [0.717, 1.165) is 30.4 Å². The predicted molar refractivity (Wildman–Crippen MR) is 90.5 cm³/mol. The van der Waals surface area contributed by atoms with Crippen LogP contribution in [0.15, 0.2) is 22.7 Å². The Hall–Kier alpha value is -0.780. The van der Waals surface area contributed by atoms with Gasteiger partial charge in [-0.2, -0.15) is 0 Å². The van der Waals surface area contributed by atoms with E-state index in [0.29, 0.717) is 17.9 Å². The normalized spacial score (nSPS) is 21.3. The summed E-state index contributed by atoms with van der Waals surface area (Å²) >= 11 is 3.38. The lowest BCUT2D eigenvalue weighted by molar-refractivity contribution is 0.0921. The number of hydrogen-bond acceptors (Lipinski definition) is 3. The summed E-state index contributed by atoms with van der Waals surface area (Å²) in [6, 6.07) is 5.43. The highest BCUT2D eigenvalue weighted by molar-refractivity contribution is 9.10. The second-order valence-electron chi connectivity index (χ2n) is 5.62. The number of ether oxygens (including phenoxy) is 1. The Bertz CT molecular complexity index is 491. The van der Waals surface area contributed by atoms with E-state index in [9.17, 15) is 4.79 Å². The predicted octanol–water partition coefficient (Wildman–Crippen LogP) is 3.00. The molecule has 0 bridgehead atoms. The Kier molecular flexibility index (Phi) is 6.97. The van der Waals surface area contributed by atoms with Crippen LogP contribution in [-0.4, -0.2) is 32.7 Å². The molecule has 6 heteroatoms. The van der Waals surface area contributed by atoms with Gasteiger partial charge in [0.25, 0.3) is 5.91 Å². The van der Waals surface area contributed by atoms with Crippen LogP contribution < -0.4 is 15.4 Å². The van der Waals surface area contributed by atoms with Gasteiger partial charge in [-0.15, -0.1) is 12.4 Å². The monoisotopic (exact) mass is 376 g/mol. The summed E-state index contributed by atoms with van der Waals surface area (Å²) in [5.41, 5.74) is 0.708. The molecular formula is C15H22BrClN2O2. The van der Waals surface area contributed by atoms with E-state index in [4.69, 9.17) is 4.74 Å². The standard InChI is InChI=1S/C15H21BrN2O2.ClH/c1-15(6-3-7-17-9-15)10-18-14(19)12-5-4-11(16)8-13(12)20-2;/h4-5,8,17H,3,6-7,9-10H2,1-2H3,(H,18,19);1H. The van der Waals surface area contributed by atoms with E-state index in [2.05, 4.69) is 33.5 Å². The molecule has 1 amide bonds. The van der Waals surface area contributed by atoms with Gasteiger partial charge in [0.15, 0.2) is 0 Å². The molecule has 1 atom stereocenters. The van der Waals surface area contributed by atoms with Gasteiger partial charge in [0.05, 0.1) is 12.7 Å². The van der Waals surface area contributed by atoms with Crippen LogP contribution in [0.4, 0.5) is 0 Å². The number of halogens is 2. The molecule has 0 spiro atoms. The Labute approximate surface area is 140 Å². The van der Waals surface area contributed by atoms with Crippen molar-refractivity contribution in [3.8, 4) is 5.75 Å². The molecule has 1 aliphatic heterocycles. The molecule has 1 aliphatic rings. The van der Waals surface area contributed by atoms with Crippen LogP contribution in [0.3, 0.4) is 0 Å². The molecule has 1 aromatic carbocycles. The molecule has 0 saturated carbocycles. The van der Waals surface area contributed by atoms with Gasteiger partial charge in [-0.05, 0) is 43.0 Å². The summed E-state index contributed by atoms with van der Waals surface area (Å²) in [7, 11) is 1.57. The Balaban J connectivity index is 0.00000220. The first-order valence-corrected chi connectivity index (χ1v) is 7.66. The van der Waals surface area contributed by atoms with Crippen molar-refractivity contribution in [3.05, 3.63) is 28.2 Å². The van der Waals surface area contributed by atoms with E-state index in [1.165, 1.54) is 0 Å². The van der Waals surface area contributed by atoms with Crippen molar-refractivity contribution in [3.63, 3.8) is 0 Å². The van der Waals surface area contributed by atoms with Crippen LogP contribution in [0.25, 0.3) is 0 Å². The van der Waals surface area contributed by atoms with Gasteiger partial charge in [-0.25, -0.2) is 0 Å². The van der Waals surface area contributed by atoms with Crippen LogP contribution in [0.1, 0.15) is 30.1 Å². The van der Waals surface area contributed by atoms with Crippen molar-refractivity contribution in [2.45, 2.75) is 19.8 Å². The summed E-state index contributed by atoms with van der Waals surface area (Å²) in [6.45, 7) is 4.91. The largest absolute Gasteiger partial charge is 0.496 e. The first kappa shape index (κ1) is 18.3. The van der Waals surface area contributed by atoms with Crippen LogP contribution in [0, 0.1) is 5.41 Å². The van der Waals surface area contributed by atoms with Crippen LogP contribution >= 0.6 is 28.3 Å². The van der Waals surface area contributed by atoms with Crippen LogP contribution in [-0.2, 0) is 0 Å². The number of hydrogen-bond donors (Lipinski definition) is 2. The van der Waals surface area contributed by atoms with Crippen molar-refractivity contribution in [2.24, 2.45) is 5.41 Å². The van der Waals surface area contributed by atoms with E-state index in [-0.39, 0.29) is 23.7 Å². The van der Waals surface area contributed by atoms with Gasteiger partial charge in [0.2, 0.25) is 0 Å². The molecule has 1 aromatic rings. The number of nitrogens with one attached hydrogen (secondary N) is 2. The van der Waals surface area contributed by atoms with Crippen LogP contribution in [0.5, 0.6) is 5.75 Å². The number of methoxy groups -OCH3 is 1. The third-order valence-corrected chi connectivity index (χ3v) is 4.26. The van der Waals surface area contributed by atoms with Gasteiger partial charge >= 0.3 is 0 Å². The zero-order valence-corrected chi connectivity index (χ0v) is 14.8. The lowest BCUT2D eigenvalue weighted by Gasteiger charge is -2.34. The molecule has 1 heterocycles. The van der Waals surface area contributed by atoms with Gasteiger partial charge < -0.3 is 15.4 Å². The maximum atomic E-state index is 12.3. The molecule has 118 valence electrons. The molecule has 0 radical (unpaired) electrons. The summed E-state index contributed by atoms with van der Waals surface area (Å²) < 4.78 is 6.16. The maximum absolute atomic E-state index is 12.3. The van der Waals surface area contributed by atoms with Crippen LogP contribution in [0.2, 0.25) is 0 Å². The number of rotatable bonds is 4. The number of carbonyl (C=O) groups is 1. The highest BCUT2D eigenvalue weighted by atomic mass is 79.9. The lowest BCUT2D eigenvalue weighted by Crippen LogP contribution is -2.45. The Morgan fingerprint density at radius 3 is 2.90 bits per heavy atom. The molecule has 1 fully saturated rings. The van der Waals surface area contributed by atoms with Gasteiger partial charge in [-0.3, -0.25) is 4.79 Å². The first-order chi connectivity index (χ1) is 9.54. The highest BCUT2D eigenvalue weighted by Gasteiger charge is 2.27. The van der Waals surface area contributed by atoms with Gasteiger partial charge in [0.1, 0.15) is 5.75 Å². The minimum absolute atomic E-state index is 0. The van der Waals surface area contributed by atoms with E-state index < -0.39 is 0 Å². The summed E-state index contributed by atoms with van der Waals surface area (Å²) in [5.74, 6) is 0.505. The van der Waals surface area contributed by atoms with Crippen molar-refractivity contribution < 1.29 is 9.53 Å². The van der Waals surface area contributed by atoms with E-state index in [1.54, 1.807) is 19.2 Å². The van der Waals surface area contributed by atoms with Gasteiger partial charge in [-0.1, -0.05) is 22.9 Å². The van der Waals surface area contributed by atoms with Gasteiger partial charge in [0, 0.05) is 17.6 Å². The van der Waals surface area contributed by atoms with Crippen molar-refractivity contribution in [2.75, 3.05) is 26.7 Å². The van der Waals surface area contributed by atoms with E-state index in [1.807, 2.05) is 6.07 Å². The average Bonchev–Trinajstić information content (AvgIpc) is 2.45. The zero-order chi connectivity index (χ0) is 14.6. The van der Waals surface area contributed by atoms with Crippen molar-refractivity contribution >= 4 is 34.2 Å². The summed E-state index contributed by atoms with van der Waals surface area (Å²) in [4.78, 5) is 12.3. The third kappa shape index (κ3) is 4.87. The molecule has 4 nitrogen and oxygen atoms in total. The molecule has 0 aromatic heterocycles. The smallest absolute Gasteiger partial charge is 0.255 e. The number of amides is 1. The summed E-state index contributed by atoms with van der Waals surface area (Å²) in [5, 5.41) is 6.42. The minimum atomic E-state index is -0.0823. The fraction of sp³-hybridized carbons (Fsp3) is 0.533. The second-order valence-corrected chi connectivity index (χ2v) is 6.53. The molecular weight excluding hydrogens is 356 g/mol. The minimum Gasteiger partial charge on any atom is -0.496 e. The molecule has 2 N–H and O–H groups in total. The Morgan fingerprint density at radius 1 is 1.52 bits per heavy atom. The average molecular weight is 378 g/mol. The quantitative estimate of drug-likeness (QED) is 0.848. The third-order valence-electron chi connectivity index (χ3n) is 3.77. The second kappa shape index (κ2) is 8.01. The highest BCUT2D eigenvalue weighted by Crippen LogP contribution is 2.26. The number of benzene rings is 1. The molecule has 0 aliphatic carbocycles. The summed E-state index contributed by atoms with van der Waals surface area (Å²) in [6.07, 6.45) is 2.30. The lowest BCUT2D eigenvalue weighted by atomic mass is 9.83. The topological polar surface area (TPSA) is 50.4 Å². The zero-order valence-electron chi connectivity index (χ0n) is 12.4. The Morgan fingerprint density at radius 2 is 2.29 bits per heavy atom. The first-order valence-electron chi connectivity index (χ1n) is 6.86. The molecule has 21 heavy (non-hydrogen) atoms. The fourth-order valence-corrected chi connectivity index (χ4v) is 2.85. The molecule has 1 saturated heterocycles. The SMILES string of the molecule is COc1cc(Br)ccc1C(=O)NCC1(C)CCCNC1.Cl. The van der Waals surface area contributed by atoms with E-state index >= 15 is 0 Å². The maximum Gasteiger partial charge on any atom is 0.255 e.